The lowest BCUT2D eigenvalue weighted by Crippen LogP contribution is -2.27. The molecule has 0 fully saturated rings. The average molecular weight is 560 g/mol. The maximum atomic E-state index is 13.3. The number of benzene rings is 2. The van der Waals surface area contributed by atoms with Gasteiger partial charge in [-0.1, -0.05) is 35.9 Å². The number of hydrogen-bond donors (Lipinski definition) is 1. The first kappa shape index (κ1) is 26.5. The fraction of sp³-hybridized carbons (Fsp3) is 0.179. The van der Waals surface area contributed by atoms with Crippen LogP contribution in [0, 0.1) is 0 Å². The predicted molar refractivity (Wildman–Crippen MR) is 155 cm³/mol. The van der Waals surface area contributed by atoms with Crippen molar-refractivity contribution in [2.75, 3.05) is 5.32 Å². The standard InChI is InChI=1S/C28H26ClN7O2S/c1-28(2,3)39(38)34-26(19-5-9-22(29)10-6-19)27(37)33-23-11-7-18(8-12-23)25-24-13-20(16-36(24)32-17-30-25)21-14-31-35(4)15-21/h5-17H,1-4H3,(H,33,37)/b34-26-. The first-order chi connectivity index (χ1) is 18.6. The third kappa shape index (κ3) is 5.81. The number of carbonyl (C=O) groups excluding carboxylic acids is 1. The molecule has 0 aliphatic carbocycles. The van der Waals surface area contributed by atoms with Crippen LogP contribution in [0.3, 0.4) is 0 Å². The van der Waals surface area contributed by atoms with E-state index in [1.165, 1.54) is 6.33 Å². The van der Waals surface area contributed by atoms with E-state index < -0.39 is 21.6 Å². The van der Waals surface area contributed by atoms with Gasteiger partial charge in [0, 0.05) is 52.4 Å². The lowest BCUT2D eigenvalue weighted by atomic mass is 10.1. The van der Waals surface area contributed by atoms with Crippen LogP contribution < -0.4 is 5.32 Å². The van der Waals surface area contributed by atoms with Gasteiger partial charge in [-0.3, -0.25) is 9.48 Å². The van der Waals surface area contributed by atoms with Gasteiger partial charge in [-0.25, -0.2) is 13.7 Å². The molecular weight excluding hydrogens is 534 g/mol. The summed E-state index contributed by atoms with van der Waals surface area (Å²) in [6, 6.07) is 16.0. The number of fused-ring (bicyclic) bond motifs is 1. The van der Waals surface area contributed by atoms with Crippen molar-refractivity contribution < 1.29 is 9.00 Å². The molecule has 5 aromatic rings. The minimum Gasteiger partial charge on any atom is -0.321 e. The molecule has 1 atom stereocenters. The largest absolute Gasteiger partial charge is 0.321 e. The van der Waals surface area contributed by atoms with E-state index in [9.17, 15) is 9.00 Å². The van der Waals surface area contributed by atoms with Crippen LogP contribution in [0.15, 0.2) is 83.9 Å². The maximum absolute atomic E-state index is 13.3. The van der Waals surface area contributed by atoms with E-state index in [1.807, 2.05) is 37.6 Å². The summed E-state index contributed by atoms with van der Waals surface area (Å²) in [5, 5.41) is 12.0. The monoisotopic (exact) mass is 559 g/mol. The molecule has 3 aromatic heterocycles. The van der Waals surface area contributed by atoms with Gasteiger partial charge in [-0.15, -0.1) is 0 Å². The lowest BCUT2D eigenvalue weighted by molar-refractivity contribution is -0.110. The van der Waals surface area contributed by atoms with Gasteiger partial charge in [0.15, 0.2) is 0 Å². The van der Waals surface area contributed by atoms with E-state index in [4.69, 9.17) is 11.6 Å². The molecule has 2 aromatic carbocycles. The number of nitrogens with zero attached hydrogens (tertiary/aromatic N) is 6. The van der Waals surface area contributed by atoms with Crippen LogP contribution in [-0.4, -0.2) is 45.0 Å². The number of carbonyl (C=O) groups is 1. The molecule has 0 spiro atoms. The SMILES string of the molecule is Cn1cc(-c2cc3c(-c4ccc(NC(=O)/C(=N\S(=O)C(C)(C)C)c5ccc(Cl)cc5)cc4)ncnn3c2)cn1. The first-order valence-corrected chi connectivity index (χ1v) is 13.6. The van der Waals surface area contributed by atoms with Crippen LogP contribution in [-0.2, 0) is 22.8 Å². The zero-order valence-corrected chi connectivity index (χ0v) is 23.4. The molecule has 1 unspecified atom stereocenters. The summed E-state index contributed by atoms with van der Waals surface area (Å²) in [4.78, 5) is 17.8. The molecular formula is C28H26ClN7O2S. The molecule has 9 nitrogen and oxygen atoms in total. The van der Waals surface area contributed by atoms with Crippen molar-refractivity contribution in [1.29, 1.82) is 0 Å². The van der Waals surface area contributed by atoms with E-state index in [0.717, 1.165) is 27.9 Å². The number of rotatable bonds is 6. The fourth-order valence-electron chi connectivity index (χ4n) is 3.83. The van der Waals surface area contributed by atoms with Crippen LogP contribution in [0.2, 0.25) is 5.02 Å². The Balaban J connectivity index is 1.42. The normalized spacial score (nSPS) is 13.0. The summed E-state index contributed by atoms with van der Waals surface area (Å²) in [5.41, 5.74) is 5.56. The van der Waals surface area contributed by atoms with Crippen LogP contribution in [0.4, 0.5) is 5.69 Å². The zero-order chi connectivity index (χ0) is 27.7. The predicted octanol–water partition coefficient (Wildman–Crippen LogP) is 5.34. The van der Waals surface area contributed by atoms with Crippen LogP contribution in [0.1, 0.15) is 26.3 Å². The van der Waals surface area contributed by atoms with Crippen molar-refractivity contribution in [3.05, 3.63) is 90.1 Å². The second-order valence-electron chi connectivity index (χ2n) is 9.91. The van der Waals surface area contributed by atoms with Gasteiger partial charge in [-0.2, -0.15) is 14.6 Å². The van der Waals surface area contributed by atoms with Crippen molar-refractivity contribution in [3.63, 3.8) is 0 Å². The molecule has 11 heteroatoms. The van der Waals surface area contributed by atoms with E-state index in [2.05, 4.69) is 24.9 Å². The van der Waals surface area contributed by atoms with Gasteiger partial charge in [-0.05, 0) is 51.1 Å². The number of hydrogen-bond acceptors (Lipinski definition) is 5. The molecule has 1 N–H and O–H groups in total. The molecule has 198 valence electrons. The summed E-state index contributed by atoms with van der Waals surface area (Å²) in [6.07, 6.45) is 7.19. The topological polar surface area (TPSA) is 107 Å². The van der Waals surface area contributed by atoms with E-state index in [0.29, 0.717) is 16.3 Å². The van der Waals surface area contributed by atoms with Crippen LogP contribution >= 0.6 is 11.6 Å². The van der Waals surface area contributed by atoms with Crippen molar-refractivity contribution >= 4 is 45.4 Å². The third-order valence-corrected chi connectivity index (χ3v) is 7.54. The molecule has 3 heterocycles. The number of halogens is 1. The molecule has 1 amide bonds. The summed E-state index contributed by atoms with van der Waals surface area (Å²) in [5.74, 6) is -0.472. The smallest absolute Gasteiger partial charge is 0.275 e. The van der Waals surface area contributed by atoms with E-state index in [-0.39, 0.29) is 5.71 Å². The average Bonchev–Trinajstić information content (AvgIpc) is 3.53. The van der Waals surface area contributed by atoms with Crippen molar-refractivity contribution in [1.82, 2.24) is 24.4 Å². The molecule has 0 aliphatic rings. The van der Waals surface area contributed by atoms with Gasteiger partial charge in [0.25, 0.3) is 5.91 Å². The molecule has 5 rings (SSSR count). The number of aromatic nitrogens is 5. The van der Waals surface area contributed by atoms with Crippen molar-refractivity contribution in [2.45, 2.75) is 25.5 Å². The van der Waals surface area contributed by atoms with Crippen molar-refractivity contribution in [2.24, 2.45) is 11.4 Å². The fourth-order valence-corrected chi connectivity index (χ4v) is 4.59. The first-order valence-electron chi connectivity index (χ1n) is 12.1. The van der Waals surface area contributed by atoms with E-state index in [1.54, 1.807) is 72.6 Å². The molecule has 0 saturated heterocycles. The maximum Gasteiger partial charge on any atom is 0.275 e. The molecule has 0 bridgehead atoms. The Kier molecular flexibility index (Phi) is 7.16. The minimum absolute atomic E-state index is 0.0672. The highest BCUT2D eigenvalue weighted by molar-refractivity contribution is 7.85. The Morgan fingerprint density at radius 2 is 1.69 bits per heavy atom. The lowest BCUT2D eigenvalue weighted by Gasteiger charge is -2.15. The van der Waals surface area contributed by atoms with Gasteiger partial charge >= 0.3 is 0 Å². The number of anilines is 1. The minimum atomic E-state index is -1.63. The Morgan fingerprint density at radius 1 is 0.974 bits per heavy atom. The quantitative estimate of drug-likeness (QED) is 0.283. The second kappa shape index (κ2) is 10.5. The molecule has 0 saturated carbocycles. The van der Waals surface area contributed by atoms with Gasteiger partial charge in [0.05, 0.1) is 22.2 Å². The Morgan fingerprint density at radius 3 is 2.33 bits per heavy atom. The summed E-state index contributed by atoms with van der Waals surface area (Å²) in [6.45, 7) is 5.41. The number of aryl methyl sites for hydroxylation is 1. The Labute approximate surface area is 233 Å². The third-order valence-electron chi connectivity index (χ3n) is 5.89. The summed E-state index contributed by atoms with van der Waals surface area (Å²) >= 11 is 6.02. The zero-order valence-electron chi connectivity index (χ0n) is 21.8. The van der Waals surface area contributed by atoms with Gasteiger partial charge < -0.3 is 5.32 Å². The van der Waals surface area contributed by atoms with Crippen LogP contribution in [0.25, 0.3) is 27.9 Å². The summed E-state index contributed by atoms with van der Waals surface area (Å²) in [7, 11) is 0.242. The molecule has 0 aliphatic heterocycles. The molecule has 39 heavy (non-hydrogen) atoms. The van der Waals surface area contributed by atoms with Crippen molar-refractivity contribution in [3.8, 4) is 22.4 Å². The van der Waals surface area contributed by atoms with Crippen LogP contribution in [0.5, 0.6) is 0 Å². The number of amides is 1. The highest BCUT2D eigenvalue weighted by atomic mass is 35.5. The highest BCUT2D eigenvalue weighted by Gasteiger charge is 2.23. The second-order valence-corrected chi connectivity index (χ2v) is 12.3. The highest BCUT2D eigenvalue weighted by Crippen LogP contribution is 2.28. The van der Waals surface area contributed by atoms with Gasteiger partial charge in [0.1, 0.15) is 23.0 Å². The van der Waals surface area contributed by atoms with Gasteiger partial charge in [0.2, 0.25) is 0 Å². The summed E-state index contributed by atoms with van der Waals surface area (Å²) < 4.78 is 20.0. The Bertz CT molecular complexity index is 1720. The molecule has 0 radical (unpaired) electrons. The van der Waals surface area contributed by atoms with E-state index >= 15 is 0 Å². The number of nitrogens with one attached hydrogen (secondary N) is 1. The Hall–Kier alpha value is -4.15.